The van der Waals surface area contributed by atoms with Crippen molar-refractivity contribution in [3.05, 3.63) is 35.7 Å². The van der Waals surface area contributed by atoms with Gasteiger partial charge in [0.2, 0.25) is 0 Å². The molecule has 1 fully saturated rings. The van der Waals surface area contributed by atoms with Crippen LogP contribution in [-0.4, -0.2) is 39.5 Å². The fourth-order valence-electron chi connectivity index (χ4n) is 1.95. The molecular weight excluding hydrogens is 244 g/mol. The molecule has 1 aliphatic rings. The molecular formula is C14H16N2O3. The molecule has 100 valence electrons. The number of carboxylic acids is 1. The van der Waals surface area contributed by atoms with E-state index in [1.165, 1.54) is 18.5 Å². The molecule has 1 amide bonds. The Morgan fingerprint density at radius 2 is 2.21 bits per heavy atom. The molecule has 0 aliphatic heterocycles. The molecule has 0 unspecified atom stereocenters. The second-order valence-electron chi connectivity index (χ2n) is 4.50. The van der Waals surface area contributed by atoms with Gasteiger partial charge in [-0.1, -0.05) is 0 Å². The Hall–Kier alpha value is -2.17. The monoisotopic (exact) mass is 260 g/mol. The van der Waals surface area contributed by atoms with Crippen molar-refractivity contribution >= 4 is 18.0 Å². The molecule has 1 saturated carbocycles. The molecule has 1 aromatic heterocycles. The summed E-state index contributed by atoms with van der Waals surface area (Å²) in [6, 6.07) is 2.02. The fraction of sp³-hybridized carbons (Fsp3) is 0.357. The highest BCUT2D eigenvalue weighted by Crippen LogP contribution is 2.27. The van der Waals surface area contributed by atoms with Gasteiger partial charge in [0.1, 0.15) is 0 Å². The van der Waals surface area contributed by atoms with Gasteiger partial charge in [0.15, 0.2) is 0 Å². The first-order valence-electron chi connectivity index (χ1n) is 6.29. The van der Waals surface area contributed by atoms with Crippen LogP contribution in [0, 0.1) is 0 Å². The van der Waals surface area contributed by atoms with Crippen molar-refractivity contribution in [1.82, 2.24) is 9.88 Å². The molecule has 19 heavy (non-hydrogen) atoms. The lowest BCUT2D eigenvalue weighted by atomic mass is 10.1. The molecule has 0 saturated heterocycles. The predicted molar refractivity (Wildman–Crippen MR) is 70.6 cm³/mol. The zero-order chi connectivity index (χ0) is 13.8. The predicted octanol–water partition coefficient (Wildman–Crippen LogP) is 1.80. The van der Waals surface area contributed by atoms with Gasteiger partial charge in [-0.15, -0.1) is 0 Å². The standard InChI is InChI=1S/C14H16N2O3/c1-2-16(12-4-5-12)14(19)11-7-10(8-15-9-11)3-6-13(17)18/h3,6-9,12H,2,4-5H2,1H3,(H,17,18). The van der Waals surface area contributed by atoms with Crippen LogP contribution in [-0.2, 0) is 4.79 Å². The highest BCUT2D eigenvalue weighted by molar-refractivity contribution is 5.95. The number of carbonyl (C=O) groups is 2. The molecule has 1 heterocycles. The van der Waals surface area contributed by atoms with Gasteiger partial charge in [-0.2, -0.15) is 0 Å². The minimum atomic E-state index is -1.02. The van der Waals surface area contributed by atoms with Crippen LogP contribution >= 0.6 is 0 Å². The Labute approximate surface area is 111 Å². The zero-order valence-electron chi connectivity index (χ0n) is 10.7. The molecule has 5 heteroatoms. The third-order valence-corrected chi connectivity index (χ3v) is 3.01. The first kappa shape index (κ1) is 13.3. The van der Waals surface area contributed by atoms with E-state index in [-0.39, 0.29) is 5.91 Å². The molecule has 5 nitrogen and oxygen atoms in total. The molecule has 0 aromatic carbocycles. The topological polar surface area (TPSA) is 70.5 Å². The maximum atomic E-state index is 12.3. The van der Waals surface area contributed by atoms with E-state index in [1.807, 2.05) is 11.8 Å². The van der Waals surface area contributed by atoms with Gasteiger partial charge in [-0.05, 0) is 37.5 Å². The highest BCUT2D eigenvalue weighted by atomic mass is 16.4. The van der Waals surface area contributed by atoms with E-state index in [9.17, 15) is 9.59 Å². The molecule has 0 bridgehead atoms. The molecule has 0 radical (unpaired) electrons. The lowest BCUT2D eigenvalue weighted by Crippen LogP contribution is -2.32. The lowest BCUT2D eigenvalue weighted by Gasteiger charge is -2.20. The first-order chi connectivity index (χ1) is 9.11. The third-order valence-electron chi connectivity index (χ3n) is 3.01. The summed E-state index contributed by atoms with van der Waals surface area (Å²) in [5.41, 5.74) is 1.11. The van der Waals surface area contributed by atoms with Crippen molar-refractivity contribution in [2.75, 3.05) is 6.54 Å². The van der Waals surface area contributed by atoms with Gasteiger partial charge in [0, 0.05) is 31.1 Å². The number of rotatable bonds is 5. The van der Waals surface area contributed by atoms with Crippen molar-refractivity contribution in [2.45, 2.75) is 25.8 Å². The number of hydrogen-bond acceptors (Lipinski definition) is 3. The van der Waals surface area contributed by atoms with E-state index in [4.69, 9.17) is 5.11 Å². The van der Waals surface area contributed by atoms with Gasteiger partial charge in [-0.3, -0.25) is 9.78 Å². The Morgan fingerprint density at radius 3 is 2.79 bits per heavy atom. The first-order valence-corrected chi connectivity index (χ1v) is 6.29. The summed E-state index contributed by atoms with van der Waals surface area (Å²) < 4.78 is 0. The van der Waals surface area contributed by atoms with Crippen LogP contribution < -0.4 is 0 Å². The molecule has 0 atom stereocenters. The van der Waals surface area contributed by atoms with Crippen molar-refractivity contribution in [3.8, 4) is 0 Å². The van der Waals surface area contributed by atoms with E-state index >= 15 is 0 Å². The molecule has 1 aromatic rings. The van der Waals surface area contributed by atoms with Gasteiger partial charge in [0.25, 0.3) is 5.91 Å². The van der Waals surface area contributed by atoms with E-state index in [0.29, 0.717) is 23.7 Å². The normalized spacial score (nSPS) is 14.6. The Balaban J connectivity index is 2.17. The van der Waals surface area contributed by atoms with Crippen LogP contribution in [0.2, 0.25) is 0 Å². The van der Waals surface area contributed by atoms with Crippen LogP contribution in [0.1, 0.15) is 35.7 Å². The van der Waals surface area contributed by atoms with Gasteiger partial charge < -0.3 is 10.0 Å². The van der Waals surface area contributed by atoms with Gasteiger partial charge >= 0.3 is 5.97 Å². The minimum absolute atomic E-state index is 0.0388. The van der Waals surface area contributed by atoms with E-state index in [1.54, 1.807) is 6.07 Å². The second-order valence-corrected chi connectivity index (χ2v) is 4.50. The molecule has 1 N–H and O–H groups in total. The number of nitrogens with zero attached hydrogens (tertiary/aromatic N) is 2. The maximum Gasteiger partial charge on any atom is 0.328 e. The Bertz CT molecular complexity index is 521. The summed E-state index contributed by atoms with van der Waals surface area (Å²) >= 11 is 0. The van der Waals surface area contributed by atoms with Crippen LogP contribution in [0.15, 0.2) is 24.5 Å². The van der Waals surface area contributed by atoms with E-state index < -0.39 is 5.97 Å². The van der Waals surface area contributed by atoms with Crippen molar-refractivity contribution in [1.29, 1.82) is 0 Å². The van der Waals surface area contributed by atoms with E-state index in [2.05, 4.69) is 4.98 Å². The number of carbonyl (C=O) groups excluding carboxylic acids is 1. The quantitative estimate of drug-likeness (QED) is 0.819. The summed E-state index contributed by atoms with van der Waals surface area (Å²) in [6.07, 6.45) is 7.63. The minimum Gasteiger partial charge on any atom is -0.478 e. The highest BCUT2D eigenvalue weighted by Gasteiger charge is 2.31. The molecule has 2 rings (SSSR count). The number of pyridine rings is 1. The summed E-state index contributed by atoms with van der Waals surface area (Å²) in [5, 5.41) is 8.58. The van der Waals surface area contributed by atoms with Gasteiger partial charge in [-0.25, -0.2) is 4.79 Å². The Morgan fingerprint density at radius 1 is 1.47 bits per heavy atom. The molecule has 0 spiro atoms. The number of aliphatic carboxylic acids is 1. The lowest BCUT2D eigenvalue weighted by molar-refractivity contribution is -0.131. The average Bonchev–Trinajstić information content (AvgIpc) is 3.22. The fourth-order valence-corrected chi connectivity index (χ4v) is 1.95. The largest absolute Gasteiger partial charge is 0.478 e. The Kier molecular flexibility index (Phi) is 3.94. The van der Waals surface area contributed by atoms with Crippen LogP contribution in [0.5, 0.6) is 0 Å². The zero-order valence-corrected chi connectivity index (χ0v) is 10.7. The third kappa shape index (κ3) is 3.40. The number of amides is 1. The van der Waals surface area contributed by atoms with Crippen molar-refractivity contribution in [3.63, 3.8) is 0 Å². The van der Waals surface area contributed by atoms with Crippen LogP contribution in [0.4, 0.5) is 0 Å². The number of hydrogen-bond donors (Lipinski definition) is 1. The average molecular weight is 260 g/mol. The SMILES string of the molecule is CCN(C(=O)c1cncc(C=CC(=O)O)c1)C1CC1. The summed E-state index contributed by atoms with van der Waals surface area (Å²) in [7, 11) is 0. The summed E-state index contributed by atoms with van der Waals surface area (Å²) in [5.74, 6) is -1.06. The summed E-state index contributed by atoms with van der Waals surface area (Å²) in [6.45, 7) is 2.64. The van der Waals surface area contributed by atoms with Gasteiger partial charge in [0.05, 0.1) is 5.56 Å². The van der Waals surface area contributed by atoms with Crippen LogP contribution in [0.3, 0.4) is 0 Å². The van der Waals surface area contributed by atoms with Crippen molar-refractivity contribution in [2.24, 2.45) is 0 Å². The molecule has 1 aliphatic carbocycles. The smallest absolute Gasteiger partial charge is 0.328 e. The van der Waals surface area contributed by atoms with Crippen molar-refractivity contribution < 1.29 is 14.7 Å². The second kappa shape index (κ2) is 5.65. The van der Waals surface area contributed by atoms with Crippen LogP contribution in [0.25, 0.3) is 6.08 Å². The maximum absolute atomic E-state index is 12.3. The number of carboxylic acid groups (broad SMARTS) is 1. The van der Waals surface area contributed by atoms with E-state index in [0.717, 1.165) is 18.9 Å². The summed E-state index contributed by atoms with van der Waals surface area (Å²) in [4.78, 5) is 28.6. The number of aromatic nitrogens is 1.